The molecule has 0 saturated heterocycles. The van der Waals surface area contributed by atoms with Gasteiger partial charge in [0.1, 0.15) is 0 Å². The second-order valence-corrected chi connectivity index (χ2v) is 4.54. The SMILES string of the molecule is COCCN(CCC(=O)OC)C(=O)c1cccs1. The lowest BCUT2D eigenvalue weighted by atomic mass is 10.3. The molecule has 0 aliphatic rings. The van der Waals surface area contributed by atoms with E-state index in [2.05, 4.69) is 4.74 Å². The van der Waals surface area contributed by atoms with Crippen molar-refractivity contribution < 1.29 is 19.1 Å². The molecule has 18 heavy (non-hydrogen) atoms. The largest absolute Gasteiger partial charge is 0.469 e. The molecular weight excluding hydrogens is 254 g/mol. The van der Waals surface area contributed by atoms with Gasteiger partial charge in [0.05, 0.1) is 25.0 Å². The number of amides is 1. The summed E-state index contributed by atoms with van der Waals surface area (Å²) in [5, 5.41) is 1.85. The van der Waals surface area contributed by atoms with Crippen LogP contribution in [0.4, 0.5) is 0 Å². The maximum atomic E-state index is 12.1. The summed E-state index contributed by atoms with van der Waals surface area (Å²) in [6, 6.07) is 3.59. The van der Waals surface area contributed by atoms with Crippen LogP contribution in [0.5, 0.6) is 0 Å². The van der Waals surface area contributed by atoms with Gasteiger partial charge in [0.25, 0.3) is 5.91 Å². The number of hydrogen-bond donors (Lipinski definition) is 0. The molecular formula is C12H17NO4S. The van der Waals surface area contributed by atoms with E-state index in [1.165, 1.54) is 18.4 Å². The first-order valence-electron chi connectivity index (χ1n) is 5.57. The van der Waals surface area contributed by atoms with Crippen LogP contribution in [0.2, 0.25) is 0 Å². The van der Waals surface area contributed by atoms with Crippen LogP contribution in [-0.4, -0.2) is 50.7 Å². The Kier molecular flexibility index (Phi) is 6.38. The molecule has 0 N–H and O–H groups in total. The average Bonchev–Trinajstić information content (AvgIpc) is 2.91. The van der Waals surface area contributed by atoms with Crippen molar-refractivity contribution in [2.24, 2.45) is 0 Å². The van der Waals surface area contributed by atoms with Crippen LogP contribution >= 0.6 is 11.3 Å². The van der Waals surface area contributed by atoms with E-state index in [0.29, 0.717) is 24.6 Å². The van der Waals surface area contributed by atoms with Crippen LogP contribution in [-0.2, 0) is 14.3 Å². The molecule has 0 bridgehead atoms. The van der Waals surface area contributed by atoms with Crippen molar-refractivity contribution >= 4 is 23.2 Å². The molecule has 1 aromatic rings. The zero-order valence-corrected chi connectivity index (χ0v) is 11.4. The number of ether oxygens (including phenoxy) is 2. The van der Waals surface area contributed by atoms with Gasteiger partial charge in [-0.05, 0) is 11.4 Å². The lowest BCUT2D eigenvalue weighted by Gasteiger charge is -2.21. The fraction of sp³-hybridized carbons (Fsp3) is 0.500. The predicted octanol–water partition coefficient (Wildman–Crippen LogP) is 1.40. The summed E-state index contributed by atoms with van der Waals surface area (Å²) in [6.07, 6.45) is 0.192. The summed E-state index contributed by atoms with van der Waals surface area (Å²) in [6.45, 7) is 1.25. The molecule has 0 fully saturated rings. The van der Waals surface area contributed by atoms with Crippen LogP contribution in [0, 0.1) is 0 Å². The van der Waals surface area contributed by atoms with Gasteiger partial charge in [0.2, 0.25) is 0 Å². The molecule has 0 saturated carbocycles. The van der Waals surface area contributed by atoms with E-state index in [1.54, 1.807) is 18.1 Å². The first-order valence-corrected chi connectivity index (χ1v) is 6.45. The van der Waals surface area contributed by atoms with Gasteiger partial charge in [0.15, 0.2) is 0 Å². The third kappa shape index (κ3) is 4.46. The van der Waals surface area contributed by atoms with Gasteiger partial charge in [-0.1, -0.05) is 6.07 Å². The van der Waals surface area contributed by atoms with Gasteiger partial charge < -0.3 is 14.4 Å². The highest BCUT2D eigenvalue weighted by Crippen LogP contribution is 2.12. The van der Waals surface area contributed by atoms with E-state index in [0.717, 1.165) is 0 Å². The highest BCUT2D eigenvalue weighted by Gasteiger charge is 2.17. The Morgan fingerprint density at radius 1 is 1.33 bits per heavy atom. The molecule has 1 aromatic heterocycles. The van der Waals surface area contributed by atoms with Crippen molar-refractivity contribution in [3.8, 4) is 0 Å². The molecule has 1 rings (SSSR count). The lowest BCUT2D eigenvalue weighted by molar-refractivity contribution is -0.140. The zero-order valence-electron chi connectivity index (χ0n) is 10.5. The van der Waals surface area contributed by atoms with E-state index in [9.17, 15) is 9.59 Å². The lowest BCUT2D eigenvalue weighted by Crippen LogP contribution is -2.35. The van der Waals surface area contributed by atoms with Crippen molar-refractivity contribution in [1.82, 2.24) is 4.90 Å². The number of esters is 1. The number of carbonyl (C=O) groups excluding carboxylic acids is 2. The highest BCUT2D eigenvalue weighted by molar-refractivity contribution is 7.12. The molecule has 0 aromatic carbocycles. The number of methoxy groups -OCH3 is 2. The first kappa shape index (κ1) is 14.7. The Balaban J connectivity index is 2.59. The van der Waals surface area contributed by atoms with E-state index >= 15 is 0 Å². The second kappa shape index (κ2) is 7.84. The predicted molar refractivity (Wildman–Crippen MR) is 68.7 cm³/mol. The smallest absolute Gasteiger partial charge is 0.307 e. The van der Waals surface area contributed by atoms with Crippen LogP contribution < -0.4 is 0 Å². The molecule has 0 atom stereocenters. The molecule has 100 valence electrons. The van der Waals surface area contributed by atoms with Crippen molar-refractivity contribution in [2.45, 2.75) is 6.42 Å². The summed E-state index contributed by atoms with van der Waals surface area (Å²) < 4.78 is 9.54. The van der Waals surface area contributed by atoms with Gasteiger partial charge in [-0.2, -0.15) is 0 Å². The minimum Gasteiger partial charge on any atom is -0.469 e. The summed E-state index contributed by atoms with van der Waals surface area (Å²) in [4.78, 5) is 25.5. The molecule has 1 heterocycles. The summed E-state index contributed by atoms with van der Waals surface area (Å²) in [5.41, 5.74) is 0. The molecule has 6 heteroatoms. The number of thiophene rings is 1. The highest BCUT2D eigenvalue weighted by atomic mass is 32.1. The average molecular weight is 271 g/mol. The van der Waals surface area contributed by atoms with Gasteiger partial charge in [-0.25, -0.2) is 0 Å². The second-order valence-electron chi connectivity index (χ2n) is 3.59. The molecule has 0 aliphatic carbocycles. The fourth-order valence-electron chi connectivity index (χ4n) is 1.40. The summed E-state index contributed by atoms with van der Waals surface area (Å²) in [5.74, 6) is -0.401. The molecule has 0 unspecified atom stereocenters. The van der Waals surface area contributed by atoms with Crippen LogP contribution in [0.25, 0.3) is 0 Å². The van der Waals surface area contributed by atoms with E-state index in [-0.39, 0.29) is 18.3 Å². The van der Waals surface area contributed by atoms with Crippen molar-refractivity contribution in [2.75, 3.05) is 33.9 Å². The normalized spacial score (nSPS) is 10.1. The maximum Gasteiger partial charge on any atom is 0.307 e. The van der Waals surface area contributed by atoms with E-state index in [1.807, 2.05) is 11.4 Å². The Bertz CT molecular complexity index is 377. The van der Waals surface area contributed by atoms with Crippen molar-refractivity contribution in [1.29, 1.82) is 0 Å². The van der Waals surface area contributed by atoms with Gasteiger partial charge >= 0.3 is 5.97 Å². The Morgan fingerprint density at radius 3 is 2.67 bits per heavy atom. The zero-order chi connectivity index (χ0) is 13.4. The fourth-order valence-corrected chi connectivity index (χ4v) is 2.09. The first-order chi connectivity index (χ1) is 8.69. The van der Waals surface area contributed by atoms with Gasteiger partial charge in [0, 0.05) is 20.2 Å². The monoisotopic (exact) mass is 271 g/mol. The van der Waals surface area contributed by atoms with Crippen molar-refractivity contribution in [3.63, 3.8) is 0 Å². The third-order valence-corrected chi connectivity index (χ3v) is 3.26. The molecule has 1 amide bonds. The quantitative estimate of drug-likeness (QED) is 0.703. The third-order valence-electron chi connectivity index (χ3n) is 2.40. The summed E-state index contributed by atoms with van der Waals surface area (Å²) >= 11 is 1.38. The molecule has 5 nitrogen and oxygen atoms in total. The molecule has 0 radical (unpaired) electrons. The van der Waals surface area contributed by atoms with E-state index < -0.39 is 0 Å². The van der Waals surface area contributed by atoms with Gasteiger partial charge in [-0.15, -0.1) is 11.3 Å². The Labute approximate surface area is 110 Å². The minimum absolute atomic E-state index is 0.0778. The molecule has 0 aliphatic heterocycles. The van der Waals surface area contributed by atoms with Crippen LogP contribution in [0.15, 0.2) is 17.5 Å². The van der Waals surface area contributed by atoms with Crippen LogP contribution in [0.1, 0.15) is 16.1 Å². The summed E-state index contributed by atoms with van der Waals surface area (Å²) in [7, 11) is 2.91. The Morgan fingerprint density at radius 2 is 2.11 bits per heavy atom. The van der Waals surface area contributed by atoms with Crippen LogP contribution in [0.3, 0.4) is 0 Å². The molecule has 0 spiro atoms. The number of hydrogen-bond acceptors (Lipinski definition) is 5. The topological polar surface area (TPSA) is 55.8 Å². The Hall–Kier alpha value is -1.40. The van der Waals surface area contributed by atoms with E-state index in [4.69, 9.17) is 4.74 Å². The minimum atomic E-state index is -0.323. The number of rotatable bonds is 7. The number of nitrogens with zero attached hydrogens (tertiary/aromatic N) is 1. The maximum absolute atomic E-state index is 12.1. The standard InChI is InChI=1S/C12H17NO4S/c1-16-8-7-13(6-5-11(14)17-2)12(15)10-4-3-9-18-10/h3-4,9H,5-8H2,1-2H3. The number of carbonyl (C=O) groups is 2. The van der Waals surface area contributed by atoms with Gasteiger partial charge in [-0.3, -0.25) is 9.59 Å². The van der Waals surface area contributed by atoms with Crippen molar-refractivity contribution in [3.05, 3.63) is 22.4 Å².